The van der Waals surface area contributed by atoms with E-state index in [9.17, 15) is 4.79 Å². The van der Waals surface area contributed by atoms with Crippen molar-refractivity contribution >= 4 is 11.8 Å². The first kappa shape index (κ1) is 18.0. The lowest BCUT2D eigenvalue weighted by atomic mass is 10.2. The van der Waals surface area contributed by atoms with E-state index in [-0.39, 0.29) is 5.56 Å². The molecule has 2 heterocycles. The van der Waals surface area contributed by atoms with Crippen LogP contribution in [0, 0.1) is 0 Å². The maximum atomic E-state index is 12.9. The predicted octanol–water partition coefficient (Wildman–Crippen LogP) is 3.75. The highest BCUT2D eigenvalue weighted by Crippen LogP contribution is 2.27. The Bertz CT molecular complexity index is 997. The molecule has 1 aliphatic heterocycles. The highest BCUT2D eigenvalue weighted by Gasteiger charge is 2.21. The third-order valence-corrected chi connectivity index (χ3v) is 4.74. The van der Waals surface area contributed by atoms with E-state index in [1.807, 2.05) is 60.7 Å². The van der Waals surface area contributed by atoms with E-state index in [4.69, 9.17) is 4.74 Å². The molecule has 0 bridgehead atoms. The van der Waals surface area contributed by atoms with E-state index in [0.717, 1.165) is 30.8 Å². The Hall–Kier alpha value is -3.34. The molecule has 5 heteroatoms. The van der Waals surface area contributed by atoms with Crippen LogP contribution in [0.1, 0.15) is 17.5 Å². The molecule has 2 aromatic carbocycles. The number of allylic oxidation sites excluding steroid dienone is 1. The second kappa shape index (κ2) is 8.57. The summed E-state index contributed by atoms with van der Waals surface area (Å²) in [5.74, 6) is 0.400. The van der Waals surface area contributed by atoms with Crippen LogP contribution in [0.15, 0.2) is 77.7 Å². The van der Waals surface area contributed by atoms with Crippen molar-refractivity contribution in [3.05, 3.63) is 94.4 Å². The molecule has 0 spiro atoms. The summed E-state index contributed by atoms with van der Waals surface area (Å²) in [4.78, 5) is 15.1. The molecular formula is C23H23N3O2. The van der Waals surface area contributed by atoms with Crippen molar-refractivity contribution in [2.24, 2.45) is 0 Å². The molecule has 1 aromatic heterocycles. The van der Waals surface area contributed by atoms with Crippen LogP contribution < -0.4 is 15.2 Å². The summed E-state index contributed by atoms with van der Waals surface area (Å²) in [5, 5.41) is 4.39. The van der Waals surface area contributed by atoms with E-state index in [1.54, 1.807) is 6.20 Å². The molecule has 5 nitrogen and oxygen atoms in total. The zero-order chi connectivity index (χ0) is 19.2. The topological polar surface area (TPSA) is 47.4 Å². The zero-order valence-electron chi connectivity index (χ0n) is 15.7. The van der Waals surface area contributed by atoms with Gasteiger partial charge < -0.3 is 9.64 Å². The van der Waals surface area contributed by atoms with E-state index < -0.39 is 0 Å². The first-order valence-corrected chi connectivity index (χ1v) is 9.54. The number of nitrogens with zero attached hydrogens (tertiary/aromatic N) is 3. The lowest BCUT2D eigenvalue weighted by Crippen LogP contribution is -2.28. The van der Waals surface area contributed by atoms with Crippen LogP contribution in [0.4, 0.5) is 5.69 Å². The van der Waals surface area contributed by atoms with Gasteiger partial charge in [-0.05, 0) is 17.5 Å². The van der Waals surface area contributed by atoms with Gasteiger partial charge in [-0.2, -0.15) is 5.10 Å². The van der Waals surface area contributed by atoms with E-state index in [0.29, 0.717) is 18.9 Å². The number of fused-ring (bicyclic) bond motifs is 1. The van der Waals surface area contributed by atoms with Crippen LogP contribution in [0.25, 0.3) is 6.08 Å². The number of benzene rings is 2. The van der Waals surface area contributed by atoms with Gasteiger partial charge in [-0.1, -0.05) is 72.8 Å². The Labute approximate surface area is 164 Å². The van der Waals surface area contributed by atoms with Gasteiger partial charge in [-0.25, -0.2) is 4.68 Å². The molecule has 3 aromatic rings. The minimum atomic E-state index is -0.185. The molecule has 0 unspecified atom stereocenters. The van der Waals surface area contributed by atoms with Gasteiger partial charge in [-0.15, -0.1) is 0 Å². The van der Waals surface area contributed by atoms with Gasteiger partial charge in [0.25, 0.3) is 0 Å². The monoisotopic (exact) mass is 373 g/mol. The van der Waals surface area contributed by atoms with E-state index in [2.05, 4.69) is 22.1 Å². The molecule has 0 aliphatic carbocycles. The van der Waals surface area contributed by atoms with Crippen LogP contribution in [0.5, 0.6) is 5.75 Å². The van der Waals surface area contributed by atoms with Gasteiger partial charge in [0.15, 0.2) is 0 Å². The molecule has 0 saturated heterocycles. The van der Waals surface area contributed by atoms with Crippen LogP contribution in [-0.4, -0.2) is 22.9 Å². The fourth-order valence-electron chi connectivity index (χ4n) is 3.32. The second-order valence-electron chi connectivity index (χ2n) is 6.77. The summed E-state index contributed by atoms with van der Waals surface area (Å²) < 4.78 is 7.26. The Kier molecular flexibility index (Phi) is 5.52. The van der Waals surface area contributed by atoms with Gasteiger partial charge in [0.1, 0.15) is 5.69 Å². The van der Waals surface area contributed by atoms with Crippen molar-refractivity contribution in [1.82, 2.24) is 9.78 Å². The number of aromatic nitrogens is 2. The Morgan fingerprint density at radius 2 is 1.79 bits per heavy atom. The molecule has 0 atom stereocenters. The maximum absolute atomic E-state index is 12.9. The summed E-state index contributed by atoms with van der Waals surface area (Å²) in [6, 6.07) is 20.2. The van der Waals surface area contributed by atoms with Gasteiger partial charge >= 0.3 is 5.56 Å². The van der Waals surface area contributed by atoms with Crippen LogP contribution in [-0.2, 0) is 13.1 Å². The molecule has 4 rings (SSSR count). The minimum Gasteiger partial charge on any atom is -0.486 e. The zero-order valence-corrected chi connectivity index (χ0v) is 15.7. The van der Waals surface area contributed by atoms with Crippen LogP contribution >= 0.6 is 0 Å². The highest BCUT2D eigenvalue weighted by atomic mass is 16.5. The van der Waals surface area contributed by atoms with Crippen molar-refractivity contribution < 1.29 is 4.74 Å². The fourth-order valence-corrected chi connectivity index (χ4v) is 3.32. The highest BCUT2D eigenvalue weighted by molar-refractivity contribution is 5.56. The van der Waals surface area contributed by atoms with Crippen LogP contribution in [0.3, 0.4) is 0 Å². The van der Waals surface area contributed by atoms with Crippen molar-refractivity contribution in [3.8, 4) is 5.75 Å². The number of hydrogen-bond donors (Lipinski definition) is 0. The summed E-state index contributed by atoms with van der Waals surface area (Å²) in [6.45, 7) is 2.51. The third-order valence-electron chi connectivity index (χ3n) is 4.74. The predicted molar refractivity (Wildman–Crippen MR) is 112 cm³/mol. The molecule has 28 heavy (non-hydrogen) atoms. The second-order valence-corrected chi connectivity index (χ2v) is 6.77. The molecule has 1 aliphatic rings. The molecule has 0 fully saturated rings. The maximum Gasteiger partial charge on any atom is 0.311 e. The van der Waals surface area contributed by atoms with Gasteiger partial charge in [0, 0.05) is 13.1 Å². The molecular weight excluding hydrogens is 350 g/mol. The average Bonchev–Trinajstić information content (AvgIpc) is 2.94. The number of hydrogen-bond acceptors (Lipinski definition) is 4. The minimum absolute atomic E-state index is 0.185. The summed E-state index contributed by atoms with van der Waals surface area (Å²) in [6.07, 6.45) is 6.55. The normalized spacial score (nSPS) is 13.8. The largest absolute Gasteiger partial charge is 0.486 e. The molecule has 142 valence electrons. The van der Waals surface area contributed by atoms with Gasteiger partial charge in [0.2, 0.25) is 5.75 Å². The standard InChI is InChI=1S/C23H23N3O2/c27-23-22-21(17-24-26(23)15-7-13-19-9-3-1-4-10-19)25(14-8-16-28-22)18-20-11-5-2-6-12-20/h1-7,9-13,17H,8,14-16,18H2/b13-7+. The Morgan fingerprint density at radius 1 is 1.04 bits per heavy atom. The fraction of sp³-hybridized carbons (Fsp3) is 0.217. The first-order valence-electron chi connectivity index (χ1n) is 9.54. The van der Waals surface area contributed by atoms with Crippen molar-refractivity contribution in [1.29, 1.82) is 0 Å². The van der Waals surface area contributed by atoms with Gasteiger partial charge in [-0.3, -0.25) is 4.79 Å². The third kappa shape index (κ3) is 4.14. The molecule has 0 saturated carbocycles. The lowest BCUT2D eigenvalue weighted by molar-refractivity contribution is 0.314. The summed E-state index contributed by atoms with van der Waals surface area (Å²) >= 11 is 0. The van der Waals surface area contributed by atoms with Crippen molar-refractivity contribution in [2.45, 2.75) is 19.5 Å². The molecule has 0 radical (unpaired) electrons. The first-order chi connectivity index (χ1) is 13.8. The Morgan fingerprint density at radius 3 is 2.57 bits per heavy atom. The number of ether oxygens (including phenoxy) is 1. The smallest absolute Gasteiger partial charge is 0.311 e. The summed E-state index contributed by atoms with van der Waals surface area (Å²) in [5.41, 5.74) is 2.88. The van der Waals surface area contributed by atoms with E-state index in [1.165, 1.54) is 10.2 Å². The summed E-state index contributed by atoms with van der Waals surface area (Å²) in [7, 11) is 0. The molecule has 0 amide bonds. The number of anilines is 1. The Balaban J connectivity index is 1.57. The SMILES string of the molecule is O=c1c2c(cnn1C/C=C/c1ccccc1)N(Cc1ccccc1)CCCO2. The van der Waals surface area contributed by atoms with Crippen LogP contribution in [0.2, 0.25) is 0 Å². The number of rotatable bonds is 5. The molecule has 0 N–H and O–H groups in total. The van der Waals surface area contributed by atoms with E-state index >= 15 is 0 Å². The van der Waals surface area contributed by atoms with Gasteiger partial charge in [0.05, 0.1) is 19.3 Å². The lowest BCUT2D eigenvalue weighted by Gasteiger charge is -2.23. The van der Waals surface area contributed by atoms with Crippen molar-refractivity contribution in [2.75, 3.05) is 18.1 Å². The average molecular weight is 373 g/mol. The van der Waals surface area contributed by atoms with Crippen molar-refractivity contribution in [3.63, 3.8) is 0 Å². The quantitative estimate of drug-likeness (QED) is 0.683.